The van der Waals surface area contributed by atoms with Crippen LogP contribution in [-0.4, -0.2) is 67.8 Å². The summed E-state index contributed by atoms with van der Waals surface area (Å²) in [4.78, 5) is 29.3. The van der Waals surface area contributed by atoms with Crippen LogP contribution in [0.5, 0.6) is 0 Å². The third kappa shape index (κ3) is 5.92. The smallest absolute Gasteiger partial charge is 0.337 e. The summed E-state index contributed by atoms with van der Waals surface area (Å²) in [6, 6.07) is 12.5. The van der Waals surface area contributed by atoms with Crippen molar-refractivity contribution < 1.29 is 19.4 Å². The Bertz CT molecular complexity index is 979. The molecule has 0 atom stereocenters. The number of carboxylic acid groups (broad SMARTS) is 1. The van der Waals surface area contributed by atoms with E-state index in [0.29, 0.717) is 17.2 Å². The minimum absolute atomic E-state index is 0.226. The fourth-order valence-electron chi connectivity index (χ4n) is 4.74. The number of benzene rings is 2. The van der Waals surface area contributed by atoms with Crippen LogP contribution in [0.15, 0.2) is 42.5 Å². The first-order chi connectivity index (χ1) is 16.0. The molecule has 2 aromatic rings. The molecule has 0 aromatic heterocycles. The fourth-order valence-corrected chi connectivity index (χ4v) is 4.74. The summed E-state index contributed by atoms with van der Waals surface area (Å²) >= 11 is 0. The Hall–Kier alpha value is -2.90. The second-order valence-corrected chi connectivity index (χ2v) is 8.98. The number of carbonyl (C=O) groups excluding carboxylic acids is 1. The molecule has 0 spiro atoms. The maximum Gasteiger partial charge on any atom is 0.337 e. The lowest BCUT2D eigenvalue weighted by atomic mass is 9.92. The molecule has 2 heterocycles. The van der Waals surface area contributed by atoms with Gasteiger partial charge in [0, 0.05) is 37.4 Å². The number of amides is 1. The Morgan fingerprint density at radius 2 is 1.76 bits per heavy atom. The molecule has 2 aliphatic rings. The van der Waals surface area contributed by atoms with E-state index in [1.54, 1.807) is 18.2 Å². The van der Waals surface area contributed by atoms with E-state index in [1.165, 1.54) is 6.42 Å². The average Bonchev–Trinajstić information content (AvgIpc) is 2.84. The van der Waals surface area contributed by atoms with Gasteiger partial charge in [0.25, 0.3) is 5.91 Å². The molecule has 2 saturated heterocycles. The van der Waals surface area contributed by atoms with Crippen molar-refractivity contribution in [1.29, 1.82) is 0 Å². The summed E-state index contributed by atoms with van der Waals surface area (Å²) < 4.78 is 5.42. The van der Waals surface area contributed by atoms with Crippen LogP contribution < -0.4 is 10.2 Å². The number of ether oxygens (including phenoxy) is 1. The maximum atomic E-state index is 12.6. The largest absolute Gasteiger partial charge is 0.478 e. The van der Waals surface area contributed by atoms with Crippen molar-refractivity contribution in [2.75, 3.05) is 56.2 Å². The number of nitrogens with zero attached hydrogens (tertiary/aromatic N) is 2. The van der Waals surface area contributed by atoms with Crippen LogP contribution in [0.2, 0.25) is 0 Å². The highest BCUT2D eigenvalue weighted by atomic mass is 16.5. The van der Waals surface area contributed by atoms with Crippen LogP contribution in [0, 0.1) is 12.8 Å². The van der Waals surface area contributed by atoms with Crippen LogP contribution >= 0.6 is 0 Å². The second-order valence-electron chi connectivity index (χ2n) is 8.98. The lowest BCUT2D eigenvalue weighted by Crippen LogP contribution is -2.39. The highest BCUT2D eigenvalue weighted by Gasteiger charge is 2.24. The van der Waals surface area contributed by atoms with Crippen LogP contribution in [-0.2, 0) is 4.74 Å². The van der Waals surface area contributed by atoms with Gasteiger partial charge in [-0.1, -0.05) is 18.2 Å². The number of carbonyl (C=O) groups is 2. The van der Waals surface area contributed by atoms with Crippen molar-refractivity contribution in [3.63, 3.8) is 0 Å². The molecular formula is C26H33N3O4. The SMILES string of the molecule is Cc1ccccc1C(=O)Nc1ccc(N2CCC(CCN3CCOCC3)CC2)c(C(=O)O)c1. The van der Waals surface area contributed by atoms with Gasteiger partial charge in [-0.25, -0.2) is 4.79 Å². The van der Waals surface area contributed by atoms with Gasteiger partial charge in [0.2, 0.25) is 0 Å². The number of morpholine rings is 1. The van der Waals surface area contributed by atoms with Crippen LogP contribution in [0.25, 0.3) is 0 Å². The fraction of sp³-hybridized carbons (Fsp3) is 0.462. The minimum atomic E-state index is -0.980. The molecule has 7 heteroatoms. The van der Waals surface area contributed by atoms with E-state index in [2.05, 4.69) is 15.1 Å². The Morgan fingerprint density at radius 3 is 2.45 bits per heavy atom. The molecule has 2 aromatic carbocycles. The van der Waals surface area contributed by atoms with E-state index in [1.807, 2.05) is 31.2 Å². The quantitative estimate of drug-likeness (QED) is 0.665. The van der Waals surface area contributed by atoms with Gasteiger partial charge < -0.3 is 20.1 Å². The van der Waals surface area contributed by atoms with Crippen molar-refractivity contribution >= 4 is 23.3 Å². The minimum Gasteiger partial charge on any atom is -0.478 e. The van der Waals surface area contributed by atoms with Crippen molar-refractivity contribution in [2.24, 2.45) is 5.92 Å². The van der Waals surface area contributed by atoms with Crippen LogP contribution in [0.3, 0.4) is 0 Å². The van der Waals surface area contributed by atoms with E-state index < -0.39 is 5.97 Å². The van der Waals surface area contributed by atoms with Gasteiger partial charge in [-0.05, 0) is 68.5 Å². The van der Waals surface area contributed by atoms with Gasteiger partial charge >= 0.3 is 5.97 Å². The molecule has 176 valence electrons. The van der Waals surface area contributed by atoms with E-state index in [9.17, 15) is 14.7 Å². The highest BCUT2D eigenvalue weighted by molar-refractivity contribution is 6.06. The topological polar surface area (TPSA) is 82.1 Å². The molecule has 0 unspecified atom stereocenters. The first-order valence-electron chi connectivity index (χ1n) is 11.8. The molecule has 0 saturated carbocycles. The van der Waals surface area contributed by atoms with E-state index in [-0.39, 0.29) is 11.5 Å². The van der Waals surface area contributed by atoms with Gasteiger partial charge in [0.1, 0.15) is 0 Å². The molecule has 2 N–H and O–H groups in total. The van der Waals surface area contributed by atoms with E-state index >= 15 is 0 Å². The number of aromatic carboxylic acids is 1. The average molecular weight is 452 g/mol. The summed E-state index contributed by atoms with van der Waals surface area (Å²) in [6.45, 7) is 8.40. The third-order valence-electron chi connectivity index (χ3n) is 6.79. The number of carboxylic acids is 1. The summed E-state index contributed by atoms with van der Waals surface area (Å²) in [5.74, 6) is -0.547. The maximum absolute atomic E-state index is 12.6. The Balaban J connectivity index is 1.37. The zero-order chi connectivity index (χ0) is 23.2. The zero-order valence-electron chi connectivity index (χ0n) is 19.3. The summed E-state index contributed by atoms with van der Waals surface area (Å²) in [7, 11) is 0. The van der Waals surface area contributed by atoms with Gasteiger partial charge in [-0.15, -0.1) is 0 Å². The molecule has 0 bridgehead atoms. The first kappa shape index (κ1) is 23.3. The number of anilines is 2. The standard InChI is InChI=1S/C26H33N3O4/c1-19-4-2-3-5-22(19)25(30)27-21-6-7-24(23(18-21)26(31)32)29-12-9-20(10-13-29)8-11-28-14-16-33-17-15-28/h2-7,18,20H,8-17H2,1H3,(H,27,30)(H,31,32). The Morgan fingerprint density at radius 1 is 1.03 bits per heavy atom. The first-order valence-corrected chi connectivity index (χ1v) is 11.8. The molecule has 0 aliphatic carbocycles. The lowest BCUT2D eigenvalue weighted by Gasteiger charge is -2.35. The molecule has 0 radical (unpaired) electrons. The summed E-state index contributed by atoms with van der Waals surface area (Å²) in [5.41, 5.74) is 2.90. The number of hydrogen-bond donors (Lipinski definition) is 2. The Labute approximate surface area is 195 Å². The van der Waals surface area contributed by atoms with Crippen LogP contribution in [0.4, 0.5) is 11.4 Å². The van der Waals surface area contributed by atoms with Crippen molar-refractivity contribution in [3.05, 3.63) is 59.2 Å². The number of aryl methyl sites for hydroxylation is 1. The molecule has 33 heavy (non-hydrogen) atoms. The summed E-state index contributed by atoms with van der Waals surface area (Å²) in [5, 5.41) is 12.7. The molecule has 7 nitrogen and oxygen atoms in total. The predicted molar refractivity (Wildman–Crippen MR) is 129 cm³/mol. The van der Waals surface area contributed by atoms with Crippen LogP contribution in [0.1, 0.15) is 45.5 Å². The Kier molecular flexibility index (Phi) is 7.62. The number of rotatable bonds is 7. The normalized spacial score (nSPS) is 17.7. The molecule has 2 fully saturated rings. The van der Waals surface area contributed by atoms with E-state index in [0.717, 1.165) is 70.0 Å². The van der Waals surface area contributed by atoms with Crippen molar-refractivity contribution in [2.45, 2.75) is 26.2 Å². The number of piperidine rings is 1. The molecule has 2 aliphatic heterocycles. The predicted octanol–water partition coefficient (Wildman–Crippen LogP) is 3.88. The molecule has 1 amide bonds. The molecule has 4 rings (SSSR count). The highest BCUT2D eigenvalue weighted by Crippen LogP contribution is 2.30. The van der Waals surface area contributed by atoms with Gasteiger partial charge in [-0.3, -0.25) is 9.69 Å². The third-order valence-corrected chi connectivity index (χ3v) is 6.79. The van der Waals surface area contributed by atoms with Gasteiger partial charge in [0.05, 0.1) is 24.5 Å². The van der Waals surface area contributed by atoms with Gasteiger partial charge in [-0.2, -0.15) is 0 Å². The summed E-state index contributed by atoms with van der Waals surface area (Å²) in [6.07, 6.45) is 3.31. The van der Waals surface area contributed by atoms with Gasteiger partial charge in [0.15, 0.2) is 0 Å². The molecular weight excluding hydrogens is 418 g/mol. The van der Waals surface area contributed by atoms with Crippen molar-refractivity contribution in [3.8, 4) is 0 Å². The lowest BCUT2D eigenvalue weighted by molar-refractivity contribution is 0.0349. The van der Waals surface area contributed by atoms with Crippen molar-refractivity contribution in [1.82, 2.24) is 4.90 Å². The monoisotopic (exact) mass is 451 g/mol. The zero-order valence-corrected chi connectivity index (χ0v) is 19.3. The van der Waals surface area contributed by atoms with E-state index in [4.69, 9.17) is 4.74 Å². The number of nitrogens with one attached hydrogen (secondary N) is 1. The second kappa shape index (κ2) is 10.8. The number of hydrogen-bond acceptors (Lipinski definition) is 5.